The first-order chi connectivity index (χ1) is 12.5. The van der Waals surface area contributed by atoms with Gasteiger partial charge in [0.15, 0.2) is 0 Å². The Morgan fingerprint density at radius 1 is 0.962 bits per heavy atom. The van der Waals surface area contributed by atoms with Crippen LogP contribution in [0.1, 0.15) is 6.42 Å². The number of nitrogens with zero attached hydrogens (tertiary/aromatic N) is 2. The number of nitrogens with one attached hydrogen (secondary N) is 3. The first kappa shape index (κ1) is 19.6. The summed E-state index contributed by atoms with van der Waals surface area (Å²) in [7, 11) is 4.77. The second-order valence-electron chi connectivity index (χ2n) is 5.93. The van der Waals surface area contributed by atoms with Crippen LogP contribution in [-0.4, -0.2) is 42.4 Å². The standard InChI is InChI=1S/C18H27N5O3/c1-22-16(13-17(24)23(2)18(22)25)21-10-6-9-19-11-12-20-14-7-4-5-8-15(14)26-3/h4-5,7-8,13,19-21H,6,9-12H2,1-3H3. The smallest absolute Gasteiger partial charge is 0.332 e. The number of anilines is 2. The highest BCUT2D eigenvalue weighted by molar-refractivity contribution is 5.56. The molecule has 142 valence electrons. The van der Waals surface area contributed by atoms with Gasteiger partial charge in [0.1, 0.15) is 11.6 Å². The molecule has 0 fully saturated rings. The number of benzene rings is 1. The quantitative estimate of drug-likeness (QED) is 0.537. The molecule has 2 aromatic rings. The zero-order chi connectivity index (χ0) is 18.9. The van der Waals surface area contributed by atoms with Gasteiger partial charge in [-0.15, -0.1) is 0 Å². The Bertz CT molecular complexity index is 828. The lowest BCUT2D eigenvalue weighted by Crippen LogP contribution is -2.37. The van der Waals surface area contributed by atoms with Crippen molar-refractivity contribution >= 4 is 11.5 Å². The van der Waals surface area contributed by atoms with Gasteiger partial charge in [-0.05, 0) is 25.1 Å². The molecule has 1 aromatic heterocycles. The normalized spacial score (nSPS) is 10.6. The molecule has 0 unspecified atom stereocenters. The van der Waals surface area contributed by atoms with Gasteiger partial charge < -0.3 is 20.7 Å². The van der Waals surface area contributed by atoms with Crippen molar-refractivity contribution in [2.75, 3.05) is 43.9 Å². The van der Waals surface area contributed by atoms with Crippen molar-refractivity contribution in [3.63, 3.8) is 0 Å². The monoisotopic (exact) mass is 361 g/mol. The van der Waals surface area contributed by atoms with Crippen LogP contribution < -0.4 is 31.9 Å². The van der Waals surface area contributed by atoms with E-state index in [1.54, 1.807) is 14.2 Å². The highest BCUT2D eigenvalue weighted by atomic mass is 16.5. The molecule has 0 saturated carbocycles. The molecule has 0 bridgehead atoms. The van der Waals surface area contributed by atoms with E-state index in [4.69, 9.17) is 4.74 Å². The van der Waals surface area contributed by atoms with Crippen molar-refractivity contribution in [2.24, 2.45) is 14.1 Å². The summed E-state index contributed by atoms with van der Waals surface area (Å²) in [6, 6.07) is 9.25. The van der Waals surface area contributed by atoms with Crippen LogP contribution in [0.15, 0.2) is 39.9 Å². The maximum absolute atomic E-state index is 11.8. The minimum Gasteiger partial charge on any atom is -0.495 e. The SMILES string of the molecule is COc1ccccc1NCCNCCCNc1cc(=O)n(C)c(=O)n1C. The predicted molar refractivity (Wildman–Crippen MR) is 104 cm³/mol. The van der Waals surface area contributed by atoms with Gasteiger partial charge in [0.2, 0.25) is 0 Å². The maximum atomic E-state index is 11.8. The minimum absolute atomic E-state index is 0.309. The number of hydrogen-bond acceptors (Lipinski definition) is 6. The molecule has 1 heterocycles. The summed E-state index contributed by atoms with van der Waals surface area (Å²) in [4.78, 5) is 23.5. The Balaban J connectivity index is 1.64. The average Bonchev–Trinajstić information content (AvgIpc) is 2.66. The second-order valence-corrected chi connectivity index (χ2v) is 5.93. The van der Waals surface area contributed by atoms with E-state index in [2.05, 4.69) is 16.0 Å². The molecule has 0 spiro atoms. The Morgan fingerprint density at radius 3 is 2.50 bits per heavy atom. The molecule has 26 heavy (non-hydrogen) atoms. The molecule has 1 aromatic carbocycles. The van der Waals surface area contributed by atoms with Gasteiger partial charge in [0.25, 0.3) is 5.56 Å². The Kier molecular flexibility index (Phi) is 7.28. The summed E-state index contributed by atoms with van der Waals surface area (Å²) in [6.45, 7) is 3.12. The van der Waals surface area contributed by atoms with E-state index < -0.39 is 0 Å². The zero-order valence-electron chi connectivity index (χ0n) is 15.5. The number of rotatable bonds is 10. The molecule has 0 saturated heterocycles. The fourth-order valence-electron chi connectivity index (χ4n) is 2.53. The fourth-order valence-corrected chi connectivity index (χ4v) is 2.53. The number of hydrogen-bond donors (Lipinski definition) is 3. The van der Waals surface area contributed by atoms with Crippen LogP contribution in [-0.2, 0) is 14.1 Å². The van der Waals surface area contributed by atoms with Crippen LogP contribution in [0.2, 0.25) is 0 Å². The van der Waals surface area contributed by atoms with E-state index in [0.29, 0.717) is 12.4 Å². The van der Waals surface area contributed by atoms with Crippen molar-refractivity contribution in [3.05, 3.63) is 51.2 Å². The zero-order valence-corrected chi connectivity index (χ0v) is 15.5. The lowest BCUT2D eigenvalue weighted by molar-refractivity contribution is 0.416. The van der Waals surface area contributed by atoms with Crippen LogP contribution in [0, 0.1) is 0 Å². The van der Waals surface area contributed by atoms with Gasteiger partial charge in [0, 0.05) is 39.8 Å². The first-order valence-corrected chi connectivity index (χ1v) is 8.63. The van der Waals surface area contributed by atoms with Gasteiger partial charge in [-0.1, -0.05) is 12.1 Å². The third-order valence-corrected chi connectivity index (χ3v) is 4.09. The summed E-state index contributed by atoms with van der Waals surface area (Å²) in [5.41, 5.74) is 0.335. The number of aromatic nitrogens is 2. The molecule has 8 nitrogen and oxygen atoms in total. The number of methoxy groups -OCH3 is 1. The van der Waals surface area contributed by atoms with Crippen molar-refractivity contribution < 1.29 is 4.74 Å². The van der Waals surface area contributed by atoms with Crippen LogP contribution in [0.25, 0.3) is 0 Å². The Labute approximate surface area is 152 Å². The lowest BCUT2D eigenvalue weighted by atomic mass is 10.3. The third kappa shape index (κ3) is 5.13. The molecular formula is C18H27N5O3. The van der Waals surface area contributed by atoms with Gasteiger partial charge in [-0.3, -0.25) is 13.9 Å². The van der Waals surface area contributed by atoms with Gasteiger partial charge in [-0.25, -0.2) is 4.79 Å². The van der Waals surface area contributed by atoms with E-state index >= 15 is 0 Å². The number of ether oxygens (including phenoxy) is 1. The van der Waals surface area contributed by atoms with E-state index in [1.165, 1.54) is 17.7 Å². The van der Waals surface area contributed by atoms with Crippen LogP contribution in [0.5, 0.6) is 5.75 Å². The van der Waals surface area contributed by atoms with Crippen molar-refractivity contribution in [1.82, 2.24) is 14.5 Å². The molecule has 0 amide bonds. The molecule has 2 rings (SSSR count). The van der Waals surface area contributed by atoms with Gasteiger partial charge >= 0.3 is 5.69 Å². The van der Waals surface area contributed by atoms with Crippen LogP contribution in [0.3, 0.4) is 0 Å². The largest absolute Gasteiger partial charge is 0.495 e. The topological polar surface area (TPSA) is 89.3 Å². The van der Waals surface area contributed by atoms with E-state index in [0.717, 1.165) is 42.1 Å². The maximum Gasteiger partial charge on any atom is 0.332 e. The minimum atomic E-state index is -0.333. The highest BCUT2D eigenvalue weighted by Gasteiger charge is 2.04. The molecule has 3 N–H and O–H groups in total. The lowest BCUT2D eigenvalue weighted by Gasteiger charge is -2.13. The Hall–Kier alpha value is -2.74. The molecule has 0 aliphatic heterocycles. The van der Waals surface area contributed by atoms with Crippen molar-refractivity contribution in [1.29, 1.82) is 0 Å². The third-order valence-electron chi connectivity index (χ3n) is 4.09. The molecule has 0 aliphatic carbocycles. The average molecular weight is 361 g/mol. The summed E-state index contributed by atoms with van der Waals surface area (Å²) < 4.78 is 7.81. The van der Waals surface area contributed by atoms with Gasteiger partial charge in [-0.2, -0.15) is 0 Å². The first-order valence-electron chi connectivity index (χ1n) is 8.63. The van der Waals surface area contributed by atoms with Gasteiger partial charge in [0.05, 0.1) is 12.8 Å². The van der Waals surface area contributed by atoms with E-state index in [1.807, 2.05) is 24.3 Å². The second kappa shape index (κ2) is 9.67. The van der Waals surface area contributed by atoms with E-state index in [-0.39, 0.29) is 11.2 Å². The Morgan fingerprint density at radius 2 is 1.73 bits per heavy atom. The number of para-hydroxylation sites is 2. The fraction of sp³-hybridized carbons (Fsp3) is 0.444. The predicted octanol–water partition coefficient (Wildman–Crippen LogP) is 0.596. The van der Waals surface area contributed by atoms with E-state index in [9.17, 15) is 9.59 Å². The summed E-state index contributed by atoms with van der Waals surface area (Å²) in [6.07, 6.45) is 0.873. The summed E-state index contributed by atoms with van der Waals surface area (Å²) >= 11 is 0. The van der Waals surface area contributed by atoms with Crippen LogP contribution >= 0.6 is 0 Å². The molecule has 0 radical (unpaired) electrons. The summed E-state index contributed by atoms with van der Waals surface area (Å²) in [5.74, 6) is 1.37. The summed E-state index contributed by atoms with van der Waals surface area (Å²) in [5, 5.41) is 9.81. The highest BCUT2D eigenvalue weighted by Crippen LogP contribution is 2.22. The molecule has 0 atom stereocenters. The van der Waals surface area contributed by atoms with Crippen molar-refractivity contribution in [3.8, 4) is 5.75 Å². The van der Waals surface area contributed by atoms with Crippen molar-refractivity contribution in [2.45, 2.75) is 6.42 Å². The van der Waals surface area contributed by atoms with Crippen LogP contribution in [0.4, 0.5) is 11.5 Å². The molecule has 0 aliphatic rings. The molecular weight excluding hydrogens is 334 g/mol. The molecule has 8 heteroatoms.